The molecule has 0 unspecified atom stereocenters. The summed E-state index contributed by atoms with van der Waals surface area (Å²) in [5.74, 6) is 2.09. The molecule has 2 rings (SSSR count). The van der Waals surface area contributed by atoms with Gasteiger partial charge in [0, 0.05) is 0 Å². The van der Waals surface area contributed by atoms with E-state index in [2.05, 4.69) is 5.32 Å². The monoisotopic (exact) mass is 275 g/mol. The summed E-state index contributed by atoms with van der Waals surface area (Å²) in [4.78, 5) is 11.6. The lowest BCUT2D eigenvalue weighted by Gasteiger charge is -2.08. The zero-order valence-corrected chi connectivity index (χ0v) is 11.3. The number of ether oxygens (including phenoxy) is 2. The molecule has 0 aliphatic heterocycles. The van der Waals surface area contributed by atoms with E-state index in [1.807, 2.05) is 24.3 Å². The first-order valence-corrected chi connectivity index (χ1v) is 6.34. The van der Waals surface area contributed by atoms with Gasteiger partial charge in [-0.2, -0.15) is 0 Å². The van der Waals surface area contributed by atoms with E-state index in [1.165, 1.54) is 0 Å². The standard InChI is InChI=1S/C15H17NO4/c1-18-12-4-6-13(7-5-12)20-10-8-16-15(17)11-14-3-2-9-19-14/h2-7,9H,8,10-11H2,1H3,(H,16,17). The van der Waals surface area contributed by atoms with Gasteiger partial charge in [0.2, 0.25) is 5.91 Å². The molecule has 0 radical (unpaired) electrons. The van der Waals surface area contributed by atoms with E-state index in [-0.39, 0.29) is 12.3 Å². The van der Waals surface area contributed by atoms with Crippen molar-refractivity contribution >= 4 is 5.91 Å². The molecular formula is C15H17NO4. The van der Waals surface area contributed by atoms with Crippen LogP contribution in [0, 0.1) is 0 Å². The number of methoxy groups -OCH3 is 1. The minimum atomic E-state index is -0.0849. The molecule has 0 spiro atoms. The minimum Gasteiger partial charge on any atom is -0.497 e. The summed E-state index contributed by atoms with van der Waals surface area (Å²) in [5, 5.41) is 2.77. The number of hydrogen-bond acceptors (Lipinski definition) is 4. The third-order valence-electron chi connectivity index (χ3n) is 2.67. The number of furan rings is 1. The maximum atomic E-state index is 11.6. The topological polar surface area (TPSA) is 60.7 Å². The molecule has 5 nitrogen and oxygen atoms in total. The highest BCUT2D eigenvalue weighted by Gasteiger charge is 2.04. The molecule has 20 heavy (non-hydrogen) atoms. The van der Waals surface area contributed by atoms with Crippen LogP contribution in [0.1, 0.15) is 5.76 Å². The quantitative estimate of drug-likeness (QED) is 0.785. The van der Waals surface area contributed by atoms with Gasteiger partial charge in [-0.1, -0.05) is 0 Å². The molecule has 1 aromatic carbocycles. The first-order chi connectivity index (χ1) is 9.78. The minimum absolute atomic E-state index is 0.0849. The molecule has 0 aliphatic carbocycles. The average molecular weight is 275 g/mol. The lowest BCUT2D eigenvalue weighted by Crippen LogP contribution is -2.29. The summed E-state index contributed by atoms with van der Waals surface area (Å²) in [6, 6.07) is 10.8. The van der Waals surface area contributed by atoms with Crippen LogP contribution in [-0.4, -0.2) is 26.2 Å². The van der Waals surface area contributed by atoms with Crippen LogP contribution in [0.15, 0.2) is 47.1 Å². The van der Waals surface area contributed by atoms with E-state index in [1.54, 1.807) is 25.5 Å². The molecule has 0 saturated heterocycles. The van der Waals surface area contributed by atoms with Gasteiger partial charge in [-0.3, -0.25) is 4.79 Å². The van der Waals surface area contributed by atoms with Crippen molar-refractivity contribution in [2.45, 2.75) is 6.42 Å². The molecule has 1 amide bonds. The van der Waals surface area contributed by atoms with Gasteiger partial charge in [-0.25, -0.2) is 0 Å². The zero-order chi connectivity index (χ0) is 14.2. The Morgan fingerprint density at radius 1 is 1.20 bits per heavy atom. The van der Waals surface area contributed by atoms with Crippen LogP contribution in [0.25, 0.3) is 0 Å². The van der Waals surface area contributed by atoms with Gasteiger partial charge in [-0.15, -0.1) is 0 Å². The first kappa shape index (κ1) is 14.0. The third kappa shape index (κ3) is 4.35. The van der Waals surface area contributed by atoms with Crippen LogP contribution < -0.4 is 14.8 Å². The Morgan fingerprint density at radius 3 is 2.60 bits per heavy atom. The summed E-state index contributed by atoms with van der Waals surface area (Å²) < 4.78 is 15.6. The largest absolute Gasteiger partial charge is 0.497 e. The maximum Gasteiger partial charge on any atom is 0.227 e. The van der Waals surface area contributed by atoms with E-state index in [0.29, 0.717) is 18.9 Å². The second-order valence-corrected chi connectivity index (χ2v) is 4.13. The van der Waals surface area contributed by atoms with Gasteiger partial charge < -0.3 is 19.2 Å². The molecular weight excluding hydrogens is 258 g/mol. The summed E-state index contributed by atoms with van der Waals surface area (Å²) in [6.45, 7) is 0.863. The van der Waals surface area contributed by atoms with Crippen LogP contribution in [0.2, 0.25) is 0 Å². The number of carbonyl (C=O) groups excluding carboxylic acids is 1. The molecule has 1 heterocycles. The molecule has 0 saturated carbocycles. The van der Waals surface area contributed by atoms with Gasteiger partial charge in [0.1, 0.15) is 23.9 Å². The van der Waals surface area contributed by atoms with E-state index >= 15 is 0 Å². The summed E-state index contributed by atoms with van der Waals surface area (Å²) >= 11 is 0. The second-order valence-electron chi connectivity index (χ2n) is 4.13. The number of benzene rings is 1. The Morgan fingerprint density at radius 2 is 1.95 bits per heavy atom. The third-order valence-corrected chi connectivity index (χ3v) is 2.67. The molecule has 0 bridgehead atoms. The van der Waals surface area contributed by atoms with Gasteiger partial charge >= 0.3 is 0 Å². The predicted molar refractivity (Wildman–Crippen MR) is 73.9 cm³/mol. The van der Waals surface area contributed by atoms with Crippen molar-refractivity contribution in [2.75, 3.05) is 20.3 Å². The molecule has 0 aliphatic rings. The Labute approximate surface area is 117 Å². The SMILES string of the molecule is COc1ccc(OCCNC(=O)Cc2ccco2)cc1. The van der Waals surface area contributed by atoms with Crippen molar-refractivity contribution in [3.63, 3.8) is 0 Å². The fourth-order valence-corrected chi connectivity index (χ4v) is 1.67. The first-order valence-electron chi connectivity index (χ1n) is 6.34. The highest BCUT2D eigenvalue weighted by atomic mass is 16.5. The predicted octanol–water partition coefficient (Wildman–Crippen LogP) is 2.03. The van der Waals surface area contributed by atoms with Crippen LogP contribution >= 0.6 is 0 Å². The molecule has 0 atom stereocenters. The fraction of sp³-hybridized carbons (Fsp3) is 0.267. The zero-order valence-electron chi connectivity index (χ0n) is 11.3. The second kappa shape index (κ2) is 7.23. The fourth-order valence-electron chi connectivity index (χ4n) is 1.67. The summed E-state index contributed by atoms with van der Waals surface area (Å²) in [5.41, 5.74) is 0. The van der Waals surface area contributed by atoms with Crippen molar-refractivity contribution in [1.82, 2.24) is 5.32 Å². The molecule has 1 N–H and O–H groups in total. The number of rotatable bonds is 7. The van der Waals surface area contributed by atoms with Gasteiger partial charge in [0.05, 0.1) is 26.3 Å². The van der Waals surface area contributed by atoms with E-state index in [9.17, 15) is 4.79 Å². The van der Waals surface area contributed by atoms with Crippen LogP contribution in [-0.2, 0) is 11.2 Å². The summed E-state index contributed by atoms with van der Waals surface area (Å²) in [7, 11) is 1.62. The number of hydrogen-bond donors (Lipinski definition) is 1. The number of carbonyl (C=O) groups is 1. The van der Waals surface area contributed by atoms with Crippen molar-refractivity contribution in [3.8, 4) is 11.5 Å². The Kier molecular flexibility index (Phi) is 5.06. The van der Waals surface area contributed by atoms with Crippen molar-refractivity contribution < 1.29 is 18.7 Å². The van der Waals surface area contributed by atoms with E-state index in [0.717, 1.165) is 11.5 Å². The highest BCUT2D eigenvalue weighted by Crippen LogP contribution is 2.16. The van der Waals surface area contributed by atoms with E-state index < -0.39 is 0 Å². The van der Waals surface area contributed by atoms with Gasteiger partial charge in [0.25, 0.3) is 0 Å². The molecule has 1 aromatic heterocycles. The van der Waals surface area contributed by atoms with Crippen LogP contribution in [0.5, 0.6) is 11.5 Å². The lowest BCUT2D eigenvalue weighted by atomic mass is 10.3. The molecule has 2 aromatic rings. The molecule has 5 heteroatoms. The van der Waals surface area contributed by atoms with Crippen molar-refractivity contribution in [1.29, 1.82) is 0 Å². The Bertz CT molecular complexity index is 519. The number of nitrogens with one attached hydrogen (secondary N) is 1. The van der Waals surface area contributed by atoms with Gasteiger partial charge in [-0.05, 0) is 36.4 Å². The smallest absolute Gasteiger partial charge is 0.227 e. The van der Waals surface area contributed by atoms with Gasteiger partial charge in [0.15, 0.2) is 0 Å². The molecule has 106 valence electrons. The van der Waals surface area contributed by atoms with Crippen molar-refractivity contribution in [2.24, 2.45) is 0 Å². The Hall–Kier alpha value is -2.43. The Balaban J connectivity index is 1.64. The summed E-state index contributed by atoms with van der Waals surface area (Å²) in [6.07, 6.45) is 1.80. The lowest BCUT2D eigenvalue weighted by molar-refractivity contribution is -0.120. The van der Waals surface area contributed by atoms with Crippen LogP contribution in [0.4, 0.5) is 0 Å². The number of amides is 1. The average Bonchev–Trinajstić information content (AvgIpc) is 2.97. The maximum absolute atomic E-state index is 11.6. The molecule has 0 fully saturated rings. The highest BCUT2D eigenvalue weighted by molar-refractivity contribution is 5.77. The van der Waals surface area contributed by atoms with E-state index in [4.69, 9.17) is 13.9 Å². The van der Waals surface area contributed by atoms with Crippen LogP contribution in [0.3, 0.4) is 0 Å². The van der Waals surface area contributed by atoms with Crippen molar-refractivity contribution in [3.05, 3.63) is 48.4 Å². The normalized spacial score (nSPS) is 10.1.